The van der Waals surface area contributed by atoms with E-state index in [0.717, 1.165) is 32.7 Å². The standard InChI is InChI=1S/C17H28N4O3/c1-13(2)18-16(22)14(19-17(23)15-5-4-12-24-15)6-7-21-10-8-20(3)9-11-21/h4-5,12-14H,6-11H2,1-3H3,(H,18,22)(H,19,23)/t14-/m0/s1. The Morgan fingerprint density at radius 2 is 1.92 bits per heavy atom. The largest absolute Gasteiger partial charge is 0.459 e. The first kappa shape index (κ1) is 18.5. The molecule has 0 aliphatic carbocycles. The number of carbonyl (C=O) groups excluding carboxylic acids is 2. The van der Waals surface area contributed by atoms with Crippen molar-refractivity contribution in [2.45, 2.75) is 32.4 Å². The number of furan rings is 1. The van der Waals surface area contributed by atoms with Crippen molar-refractivity contribution in [1.29, 1.82) is 0 Å². The molecule has 1 atom stereocenters. The summed E-state index contributed by atoms with van der Waals surface area (Å²) in [5, 5.41) is 5.67. The van der Waals surface area contributed by atoms with Crippen molar-refractivity contribution in [3.8, 4) is 0 Å². The predicted molar refractivity (Wildman–Crippen MR) is 91.8 cm³/mol. The van der Waals surface area contributed by atoms with Gasteiger partial charge in [0, 0.05) is 38.8 Å². The topological polar surface area (TPSA) is 77.8 Å². The van der Waals surface area contributed by atoms with Gasteiger partial charge in [0.25, 0.3) is 5.91 Å². The number of nitrogens with zero attached hydrogens (tertiary/aromatic N) is 2. The minimum atomic E-state index is -0.565. The lowest BCUT2D eigenvalue weighted by molar-refractivity contribution is -0.123. The third-order valence-corrected chi connectivity index (χ3v) is 4.13. The lowest BCUT2D eigenvalue weighted by Gasteiger charge is -2.33. The molecule has 0 radical (unpaired) electrons. The zero-order valence-corrected chi connectivity index (χ0v) is 14.7. The van der Waals surface area contributed by atoms with E-state index in [0.29, 0.717) is 6.42 Å². The molecule has 2 heterocycles. The fourth-order valence-corrected chi connectivity index (χ4v) is 2.67. The van der Waals surface area contributed by atoms with Gasteiger partial charge in [0.15, 0.2) is 5.76 Å². The Hall–Kier alpha value is -1.86. The van der Waals surface area contributed by atoms with E-state index in [1.165, 1.54) is 6.26 Å². The van der Waals surface area contributed by atoms with Crippen LogP contribution in [0.25, 0.3) is 0 Å². The Morgan fingerprint density at radius 3 is 2.50 bits per heavy atom. The second-order valence-corrected chi connectivity index (χ2v) is 6.60. The Morgan fingerprint density at radius 1 is 1.21 bits per heavy atom. The van der Waals surface area contributed by atoms with Crippen molar-refractivity contribution in [3.63, 3.8) is 0 Å². The zero-order valence-electron chi connectivity index (χ0n) is 14.7. The summed E-state index contributed by atoms with van der Waals surface area (Å²) in [6.07, 6.45) is 2.02. The van der Waals surface area contributed by atoms with Crippen molar-refractivity contribution in [2.24, 2.45) is 0 Å². The molecule has 2 rings (SSSR count). The van der Waals surface area contributed by atoms with Gasteiger partial charge in [0.1, 0.15) is 6.04 Å². The third kappa shape index (κ3) is 5.65. The quantitative estimate of drug-likeness (QED) is 0.760. The van der Waals surface area contributed by atoms with Crippen LogP contribution in [0.5, 0.6) is 0 Å². The summed E-state index contributed by atoms with van der Waals surface area (Å²) in [5.74, 6) is -0.293. The number of piperazine rings is 1. The number of nitrogens with one attached hydrogen (secondary N) is 2. The number of likely N-dealkylation sites (N-methyl/N-ethyl adjacent to an activating group) is 1. The van der Waals surface area contributed by atoms with Gasteiger partial charge in [-0.05, 0) is 39.4 Å². The molecule has 1 aromatic rings. The highest BCUT2D eigenvalue weighted by molar-refractivity contribution is 5.95. The molecule has 1 saturated heterocycles. The highest BCUT2D eigenvalue weighted by Crippen LogP contribution is 2.05. The first-order valence-corrected chi connectivity index (χ1v) is 8.51. The SMILES string of the molecule is CC(C)NC(=O)[C@H](CCN1CCN(C)CC1)NC(=O)c1ccco1. The summed E-state index contributed by atoms with van der Waals surface area (Å²) < 4.78 is 5.10. The van der Waals surface area contributed by atoms with Gasteiger partial charge in [-0.1, -0.05) is 0 Å². The van der Waals surface area contributed by atoms with E-state index in [9.17, 15) is 9.59 Å². The van der Waals surface area contributed by atoms with Gasteiger partial charge in [0.05, 0.1) is 6.26 Å². The van der Waals surface area contributed by atoms with Crippen LogP contribution in [0.2, 0.25) is 0 Å². The minimum Gasteiger partial charge on any atom is -0.459 e. The molecule has 1 aromatic heterocycles. The van der Waals surface area contributed by atoms with Gasteiger partial charge in [-0.3, -0.25) is 9.59 Å². The second kappa shape index (κ2) is 8.84. The normalized spacial score (nSPS) is 17.7. The molecule has 1 aliphatic rings. The van der Waals surface area contributed by atoms with Crippen LogP contribution < -0.4 is 10.6 Å². The van der Waals surface area contributed by atoms with Gasteiger partial charge in [-0.15, -0.1) is 0 Å². The van der Waals surface area contributed by atoms with Crippen LogP contribution in [0.1, 0.15) is 30.8 Å². The van der Waals surface area contributed by atoms with Crippen LogP contribution in [0, 0.1) is 0 Å². The summed E-state index contributed by atoms with van der Waals surface area (Å²) in [5.41, 5.74) is 0. The lowest BCUT2D eigenvalue weighted by Crippen LogP contribution is -2.51. The average molecular weight is 336 g/mol. The summed E-state index contributed by atoms with van der Waals surface area (Å²) in [4.78, 5) is 29.2. The number of amides is 2. The molecular formula is C17H28N4O3. The van der Waals surface area contributed by atoms with E-state index in [-0.39, 0.29) is 23.6 Å². The molecule has 1 fully saturated rings. The zero-order chi connectivity index (χ0) is 17.5. The summed E-state index contributed by atoms with van der Waals surface area (Å²) >= 11 is 0. The second-order valence-electron chi connectivity index (χ2n) is 6.60. The molecule has 1 aliphatic heterocycles. The molecular weight excluding hydrogens is 308 g/mol. The molecule has 0 bridgehead atoms. The van der Waals surface area contributed by atoms with E-state index < -0.39 is 6.04 Å². The van der Waals surface area contributed by atoms with E-state index in [1.54, 1.807) is 12.1 Å². The minimum absolute atomic E-state index is 0.0316. The van der Waals surface area contributed by atoms with Gasteiger partial charge in [0.2, 0.25) is 5.91 Å². The van der Waals surface area contributed by atoms with Crippen LogP contribution in [-0.4, -0.2) is 73.5 Å². The molecule has 134 valence electrons. The summed E-state index contributed by atoms with van der Waals surface area (Å²) in [6.45, 7) is 8.63. The van der Waals surface area contributed by atoms with Crippen LogP contribution in [0.3, 0.4) is 0 Å². The van der Waals surface area contributed by atoms with Crippen LogP contribution in [-0.2, 0) is 4.79 Å². The lowest BCUT2D eigenvalue weighted by atomic mass is 10.1. The number of hydrogen-bond donors (Lipinski definition) is 2. The van der Waals surface area contributed by atoms with Crippen LogP contribution in [0.4, 0.5) is 0 Å². The van der Waals surface area contributed by atoms with E-state index in [2.05, 4.69) is 27.5 Å². The molecule has 2 amide bonds. The monoisotopic (exact) mass is 336 g/mol. The molecule has 0 unspecified atom stereocenters. The molecule has 0 aromatic carbocycles. The molecule has 7 heteroatoms. The highest BCUT2D eigenvalue weighted by Gasteiger charge is 2.24. The first-order chi connectivity index (χ1) is 11.5. The number of carbonyl (C=O) groups is 2. The average Bonchev–Trinajstić information content (AvgIpc) is 3.06. The maximum atomic E-state index is 12.4. The van der Waals surface area contributed by atoms with Gasteiger partial charge in [-0.2, -0.15) is 0 Å². The smallest absolute Gasteiger partial charge is 0.287 e. The Kier molecular flexibility index (Phi) is 6.81. The first-order valence-electron chi connectivity index (χ1n) is 8.51. The molecule has 7 nitrogen and oxygen atoms in total. The van der Waals surface area contributed by atoms with E-state index in [1.807, 2.05) is 13.8 Å². The Balaban J connectivity index is 1.92. The number of rotatable bonds is 7. The third-order valence-electron chi connectivity index (χ3n) is 4.13. The maximum absolute atomic E-state index is 12.4. The summed E-state index contributed by atoms with van der Waals surface area (Å²) in [7, 11) is 2.11. The fraction of sp³-hybridized carbons (Fsp3) is 0.647. The molecule has 24 heavy (non-hydrogen) atoms. The Bertz CT molecular complexity index is 522. The van der Waals surface area contributed by atoms with Gasteiger partial charge < -0.3 is 24.9 Å². The van der Waals surface area contributed by atoms with Gasteiger partial charge >= 0.3 is 0 Å². The van der Waals surface area contributed by atoms with Crippen molar-refractivity contribution in [3.05, 3.63) is 24.2 Å². The Labute approximate surface area is 143 Å². The predicted octanol–water partition coefficient (Wildman–Crippen LogP) is 0.540. The van der Waals surface area contributed by atoms with Gasteiger partial charge in [-0.25, -0.2) is 0 Å². The van der Waals surface area contributed by atoms with Crippen molar-refractivity contribution in [2.75, 3.05) is 39.8 Å². The fourth-order valence-electron chi connectivity index (χ4n) is 2.67. The van der Waals surface area contributed by atoms with Crippen molar-refractivity contribution in [1.82, 2.24) is 20.4 Å². The van der Waals surface area contributed by atoms with E-state index >= 15 is 0 Å². The van der Waals surface area contributed by atoms with Crippen molar-refractivity contribution >= 4 is 11.8 Å². The molecule has 0 saturated carbocycles. The maximum Gasteiger partial charge on any atom is 0.287 e. The van der Waals surface area contributed by atoms with E-state index in [4.69, 9.17) is 4.42 Å². The highest BCUT2D eigenvalue weighted by atomic mass is 16.3. The van der Waals surface area contributed by atoms with Crippen molar-refractivity contribution < 1.29 is 14.0 Å². The molecule has 0 spiro atoms. The molecule has 2 N–H and O–H groups in total. The summed E-state index contributed by atoms with van der Waals surface area (Å²) in [6, 6.07) is 2.71. The number of hydrogen-bond acceptors (Lipinski definition) is 5. The van der Waals surface area contributed by atoms with Crippen LogP contribution >= 0.6 is 0 Å². The van der Waals surface area contributed by atoms with Crippen LogP contribution in [0.15, 0.2) is 22.8 Å².